The SMILES string of the molecule is CCn1cc(C(C)NCc2cn(C)nc2C)cn1. The predicted octanol–water partition coefficient (Wildman–Crippen LogP) is 1.80. The van der Waals surface area contributed by atoms with Gasteiger partial charge in [0.25, 0.3) is 0 Å². The van der Waals surface area contributed by atoms with E-state index in [1.807, 2.05) is 29.5 Å². The van der Waals surface area contributed by atoms with Gasteiger partial charge in [-0.15, -0.1) is 0 Å². The van der Waals surface area contributed by atoms with E-state index in [1.165, 1.54) is 11.1 Å². The van der Waals surface area contributed by atoms with Crippen LogP contribution in [0.4, 0.5) is 0 Å². The molecule has 0 saturated heterocycles. The van der Waals surface area contributed by atoms with Crippen LogP contribution in [0.2, 0.25) is 0 Å². The first-order valence-corrected chi connectivity index (χ1v) is 6.35. The van der Waals surface area contributed by atoms with E-state index < -0.39 is 0 Å². The molecule has 98 valence electrons. The summed E-state index contributed by atoms with van der Waals surface area (Å²) in [5, 5.41) is 12.1. The van der Waals surface area contributed by atoms with Crippen molar-refractivity contribution in [1.29, 1.82) is 0 Å². The molecule has 0 amide bonds. The fourth-order valence-electron chi connectivity index (χ4n) is 1.98. The molecule has 0 saturated carbocycles. The molecule has 1 atom stereocenters. The molecule has 0 aliphatic rings. The Morgan fingerprint density at radius 1 is 1.39 bits per heavy atom. The van der Waals surface area contributed by atoms with Gasteiger partial charge in [0.15, 0.2) is 0 Å². The highest BCUT2D eigenvalue weighted by molar-refractivity contribution is 5.16. The van der Waals surface area contributed by atoms with Crippen LogP contribution in [0, 0.1) is 6.92 Å². The molecular weight excluding hydrogens is 226 g/mol. The lowest BCUT2D eigenvalue weighted by Gasteiger charge is -2.11. The smallest absolute Gasteiger partial charge is 0.0638 e. The molecule has 0 aliphatic carbocycles. The average molecular weight is 247 g/mol. The number of aromatic nitrogens is 4. The quantitative estimate of drug-likeness (QED) is 0.876. The molecule has 5 nitrogen and oxygen atoms in total. The zero-order valence-electron chi connectivity index (χ0n) is 11.5. The Kier molecular flexibility index (Phi) is 3.81. The van der Waals surface area contributed by atoms with Crippen LogP contribution >= 0.6 is 0 Å². The number of rotatable bonds is 5. The maximum Gasteiger partial charge on any atom is 0.0638 e. The van der Waals surface area contributed by atoms with Crippen LogP contribution in [0.3, 0.4) is 0 Å². The van der Waals surface area contributed by atoms with Gasteiger partial charge >= 0.3 is 0 Å². The summed E-state index contributed by atoms with van der Waals surface area (Å²) in [4.78, 5) is 0. The molecule has 0 radical (unpaired) electrons. The van der Waals surface area contributed by atoms with Crippen LogP contribution in [0.25, 0.3) is 0 Å². The first-order chi connectivity index (χ1) is 8.60. The topological polar surface area (TPSA) is 47.7 Å². The third-order valence-electron chi connectivity index (χ3n) is 3.19. The molecule has 0 spiro atoms. The number of nitrogens with one attached hydrogen (secondary N) is 1. The van der Waals surface area contributed by atoms with Crippen LogP contribution in [-0.2, 0) is 20.1 Å². The summed E-state index contributed by atoms with van der Waals surface area (Å²) in [7, 11) is 1.95. The summed E-state index contributed by atoms with van der Waals surface area (Å²) in [5.74, 6) is 0. The Balaban J connectivity index is 1.95. The normalized spacial score (nSPS) is 12.9. The zero-order chi connectivity index (χ0) is 13.1. The molecule has 2 aromatic rings. The van der Waals surface area contributed by atoms with Gasteiger partial charge in [0.1, 0.15) is 0 Å². The van der Waals surface area contributed by atoms with E-state index in [2.05, 4.69) is 41.8 Å². The molecule has 0 fully saturated rings. The van der Waals surface area contributed by atoms with Crippen molar-refractivity contribution < 1.29 is 0 Å². The fourth-order valence-corrected chi connectivity index (χ4v) is 1.98. The Hall–Kier alpha value is -1.62. The van der Waals surface area contributed by atoms with Gasteiger partial charge in [-0.05, 0) is 20.8 Å². The van der Waals surface area contributed by atoms with Crippen molar-refractivity contribution in [2.75, 3.05) is 0 Å². The highest BCUT2D eigenvalue weighted by Crippen LogP contribution is 2.13. The van der Waals surface area contributed by atoms with Crippen LogP contribution < -0.4 is 5.32 Å². The summed E-state index contributed by atoms with van der Waals surface area (Å²) in [6.07, 6.45) is 6.08. The van der Waals surface area contributed by atoms with Gasteiger partial charge in [-0.25, -0.2) is 0 Å². The molecule has 1 unspecified atom stereocenters. The van der Waals surface area contributed by atoms with E-state index in [4.69, 9.17) is 0 Å². The maximum atomic E-state index is 4.34. The average Bonchev–Trinajstić information content (AvgIpc) is 2.93. The van der Waals surface area contributed by atoms with E-state index in [0.717, 1.165) is 18.8 Å². The monoisotopic (exact) mass is 247 g/mol. The number of aryl methyl sites for hydroxylation is 3. The minimum atomic E-state index is 0.296. The molecular formula is C13H21N5. The van der Waals surface area contributed by atoms with E-state index >= 15 is 0 Å². The van der Waals surface area contributed by atoms with Gasteiger partial charge < -0.3 is 5.32 Å². The van der Waals surface area contributed by atoms with Crippen molar-refractivity contribution in [1.82, 2.24) is 24.9 Å². The molecule has 18 heavy (non-hydrogen) atoms. The van der Waals surface area contributed by atoms with Gasteiger partial charge in [-0.3, -0.25) is 9.36 Å². The van der Waals surface area contributed by atoms with E-state index in [-0.39, 0.29) is 0 Å². The highest BCUT2D eigenvalue weighted by atomic mass is 15.3. The first-order valence-electron chi connectivity index (χ1n) is 6.35. The molecule has 0 aromatic carbocycles. The van der Waals surface area contributed by atoms with Crippen LogP contribution in [0.5, 0.6) is 0 Å². The van der Waals surface area contributed by atoms with Crippen LogP contribution in [-0.4, -0.2) is 19.6 Å². The lowest BCUT2D eigenvalue weighted by atomic mass is 10.2. The second-order valence-corrected chi connectivity index (χ2v) is 4.65. The predicted molar refractivity (Wildman–Crippen MR) is 71.1 cm³/mol. The molecule has 0 aliphatic heterocycles. The molecule has 2 rings (SSSR count). The summed E-state index contributed by atoms with van der Waals surface area (Å²) in [6, 6.07) is 0.296. The highest BCUT2D eigenvalue weighted by Gasteiger charge is 2.09. The Morgan fingerprint density at radius 2 is 2.17 bits per heavy atom. The van der Waals surface area contributed by atoms with Gasteiger partial charge in [-0.1, -0.05) is 0 Å². The van der Waals surface area contributed by atoms with E-state index in [1.54, 1.807) is 0 Å². The van der Waals surface area contributed by atoms with Crippen molar-refractivity contribution in [2.24, 2.45) is 7.05 Å². The fraction of sp³-hybridized carbons (Fsp3) is 0.538. The van der Waals surface area contributed by atoms with Crippen molar-refractivity contribution in [3.05, 3.63) is 35.4 Å². The van der Waals surface area contributed by atoms with Gasteiger partial charge in [0.2, 0.25) is 0 Å². The molecule has 2 aromatic heterocycles. The summed E-state index contributed by atoms with van der Waals surface area (Å²) in [6.45, 7) is 8.03. The number of hydrogen-bond acceptors (Lipinski definition) is 3. The Bertz CT molecular complexity index is 511. The van der Waals surface area contributed by atoms with Crippen molar-refractivity contribution in [3.63, 3.8) is 0 Å². The molecule has 5 heteroatoms. The first kappa shape index (κ1) is 12.8. The third kappa shape index (κ3) is 2.79. The van der Waals surface area contributed by atoms with Gasteiger partial charge in [0.05, 0.1) is 11.9 Å². The van der Waals surface area contributed by atoms with Crippen molar-refractivity contribution in [3.8, 4) is 0 Å². The lowest BCUT2D eigenvalue weighted by Crippen LogP contribution is -2.17. The second kappa shape index (κ2) is 5.35. The maximum absolute atomic E-state index is 4.34. The van der Waals surface area contributed by atoms with E-state index in [9.17, 15) is 0 Å². The second-order valence-electron chi connectivity index (χ2n) is 4.65. The van der Waals surface area contributed by atoms with Crippen LogP contribution in [0.1, 0.15) is 36.7 Å². The summed E-state index contributed by atoms with van der Waals surface area (Å²) in [5.41, 5.74) is 3.55. The van der Waals surface area contributed by atoms with Gasteiger partial charge in [0, 0.05) is 49.7 Å². The Morgan fingerprint density at radius 3 is 2.72 bits per heavy atom. The van der Waals surface area contributed by atoms with Crippen molar-refractivity contribution in [2.45, 2.75) is 39.9 Å². The minimum Gasteiger partial charge on any atom is -0.306 e. The third-order valence-corrected chi connectivity index (χ3v) is 3.19. The number of hydrogen-bond donors (Lipinski definition) is 1. The molecule has 0 bridgehead atoms. The summed E-state index contributed by atoms with van der Waals surface area (Å²) < 4.78 is 3.80. The van der Waals surface area contributed by atoms with Crippen molar-refractivity contribution >= 4 is 0 Å². The van der Waals surface area contributed by atoms with Gasteiger partial charge in [-0.2, -0.15) is 10.2 Å². The lowest BCUT2D eigenvalue weighted by molar-refractivity contribution is 0.571. The number of nitrogens with zero attached hydrogens (tertiary/aromatic N) is 4. The molecule has 2 heterocycles. The standard InChI is InChI=1S/C13H21N5/c1-5-18-9-13(7-15-18)10(2)14-6-12-8-17(4)16-11(12)3/h7-10,14H,5-6H2,1-4H3. The summed E-state index contributed by atoms with van der Waals surface area (Å²) >= 11 is 0. The van der Waals surface area contributed by atoms with Crippen LogP contribution in [0.15, 0.2) is 18.6 Å². The Labute approximate surface area is 108 Å². The van der Waals surface area contributed by atoms with E-state index in [0.29, 0.717) is 6.04 Å². The molecule has 1 N–H and O–H groups in total. The minimum absolute atomic E-state index is 0.296. The largest absolute Gasteiger partial charge is 0.306 e. The zero-order valence-corrected chi connectivity index (χ0v) is 11.5.